The zero-order valence-corrected chi connectivity index (χ0v) is 35.1. The highest BCUT2D eigenvalue weighted by Gasteiger charge is 2.56. The van der Waals surface area contributed by atoms with E-state index in [9.17, 15) is 70.5 Å². The van der Waals surface area contributed by atoms with Crippen molar-refractivity contribution < 1.29 is 93.7 Å². The van der Waals surface area contributed by atoms with Gasteiger partial charge in [-0.3, -0.25) is 13.8 Å². The van der Waals surface area contributed by atoms with Crippen LogP contribution in [0.25, 0.3) is 0 Å². The molecule has 2 fully saturated rings. The van der Waals surface area contributed by atoms with Crippen LogP contribution in [0, 0.1) is 0 Å². The summed E-state index contributed by atoms with van der Waals surface area (Å²) in [4.78, 5) is 22.8. The SMILES string of the molecule is O=C(Cc1ccccc1)C(F)(F)S(=O)(=O)OC(CC1(c2ccccc2)OCCO1)C(F)F.O=C(Nc1ccccc1)C(F)(F)S(=O)(=O)F.OC(CC1(c2ccccc2)OCCO1)C(F)F. The van der Waals surface area contributed by atoms with Gasteiger partial charge in [-0.1, -0.05) is 113 Å². The lowest BCUT2D eigenvalue weighted by Gasteiger charge is -2.31. The molecule has 2 heterocycles. The van der Waals surface area contributed by atoms with Crippen molar-refractivity contribution in [3.8, 4) is 0 Å². The molecule has 2 atom stereocenters. The van der Waals surface area contributed by atoms with Crippen LogP contribution in [0.2, 0.25) is 0 Å². The maximum absolute atomic E-state index is 14.5. The second-order valence-corrected chi connectivity index (χ2v) is 16.7. The average molecular weight is 974 g/mol. The standard InChI is InChI=1S/C21H20F4O6S.C12H14F2O3.C8H6F3NO3S/c22-19(23)17(14-20(29-11-12-30-20)16-9-5-2-6-10-16)31-32(27,28)21(24,25)18(26)13-15-7-3-1-4-8-15;13-11(14)10(15)8-12(16-6-7-17-12)9-4-2-1-3-5-9;9-8(10,16(11,14)15)7(13)12-6-4-2-1-3-5-6/h1-10,17,19H,11-14H2;1-5,10-11,15H,6-8H2;1-5H,(H,12,13). The zero-order chi connectivity index (χ0) is 48.1. The van der Waals surface area contributed by atoms with Gasteiger partial charge >= 0.3 is 36.8 Å². The molecule has 1 amide bonds. The summed E-state index contributed by atoms with van der Waals surface area (Å²) in [5.74, 6) is -7.28. The van der Waals surface area contributed by atoms with E-state index in [4.69, 9.17) is 18.9 Å². The van der Waals surface area contributed by atoms with Gasteiger partial charge in [-0.25, -0.2) is 17.6 Å². The number of aliphatic hydroxyl groups is 1. The van der Waals surface area contributed by atoms with Gasteiger partial charge in [0.05, 0.1) is 26.4 Å². The lowest BCUT2D eigenvalue weighted by atomic mass is 9.99. The summed E-state index contributed by atoms with van der Waals surface area (Å²) in [5, 5.41) is 0.755. The van der Waals surface area contributed by atoms with Crippen LogP contribution in [0.3, 0.4) is 0 Å². The number of nitrogens with one attached hydrogen (secondary N) is 1. The van der Waals surface area contributed by atoms with E-state index in [-0.39, 0.29) is 36.4 Å². The Kier molecular flexibility index (Phi) is 18.2. The predicted octanol–water partition coefficient (Wildman–Crippen LogP) is 7.08. The molecule has 2 aliphatic heterocycles. The molecule has 4 aromatic rings. The molecule has 6 rings (SSSR count). The molecule has 24 heteroatoms. The molecule has 2 aliphatic rings. The molecule has 356 valence electrons. The summed E-state index contributed by atoms with van der Waals surface area (Å²) in [7, 11) is -12.3. The van der Waals surface area contributed by atoms with Crippen LogP contribution >= 0.6 is 0 Å². The number of ketones is 1. The van der Waals surface area contributed by atoms with Crippen molar-refractivity contribution in [2.45, 2.75) is 66.4 Å². The number of amides is 1. The van der Waals surface area contributed by atoms with Gasteiger partial charge in [0, 0.05) is 36.1 Å². The summed E-state index contributed by atoms with van der Waals surface area (Å²) in [6.45, 7) is 0.711. The molecule has 4 aromatic carbocycles. The molecule has 0 saturated carbocycles. The number of rotatable bonds is 17. The third kappa shape index (κ3) is 13.8. The molecule has 0 aliphatic carbocycles. The van der Waals surface area contributed by atoms with Crippen LogP contribution in [0.5, 0.6) is 0 Å². The van der Waals surface area contributed by atoms with Gasteiger partial charge in [0.1, 0.15) is 12.2 Å². The fourth-order valence-electron chi connectivity index (χ4n) is 5.98. The van der Waals surface area contributed by atoms with Crippen molar-refractivity contribution >= 4 is 37.7 Å². The maximum Gasteiger partial charge on any atom is 0.451 e. The number of alkyl halides is 8. The van der Waals surface area contributed by atoms with E-state index in [0.717, 1.165) is 0 Å². The number of aliphatic hydroxyl groups excluding tert-OH is 1. The van der Waals surface area contributed by atoms with Gasteiger partial charge in [-0.15, -0.1) is 0 Å². The van der Waals surface area contributed by atoms with E-state index in [2.05, 4.69) is 4.18 Å². The normalized spacial score (nSPS) is 17.0. The first-order valence-electron chi connectivity index (χ1n) is 18.9. The maximum atomic E-state index is 14.5. The highest BCUT2D eigenvalue weighted by molar-refractivity contribution is 7.88. The largest absolute Gasteiger partial charge is 0.451 e. The van der Waals surface area contributed by atoms with Gasteiger partial charge in [-0.2, -0.15) is 34.4 Å². The Hall–Kier alpha value is -4.95. The molecule has 2 unspecified atom stereocenters. The Morgan fingerprint density at radius 3 is 1.43 bits per heavy atom. The Morgan fingerprint density at radius 2 is 1.03 bits per heavy atom. The number of carbonyl (C=O) groups is 2. The average Bonchev–Trinajstić information content (AvgIpc) is 3.96. The molecule has 65 heavy (non-hydrogen) atoms. The number of ether oxygens (including phenoxy) is 4. The summed E-state index contributed by atoms with van der Waals surface area (Å²) in [6, 6.07) is 30.8. The highest BCUT2D eigenvalue weighted by atomic mass is 32.3. The fraction of sp³-hybridized carbons (Fsp3) is 0.366. The third-order valence-electron chi connectivity index (χ3n) is 9.15. The van der Waals surface area contributed by atoms with Crippen molar-refractivity contribution in [1.82, 2.24) is 0 Å². The number of Topliss-reactive ketones (excluding diaryl/α,β-unsaturated/α-hetero) is 1. The van der Waals surface area contributed by atoms with Gasteiger partial charge in [-0.05, 0) is 17.7 Å². The van der Waals surface area contributed by atoms with Crippen molar-refractivity contribution in [2.24, 2.45) is 0 Å². The molecular weight excluding hydrogens is 934 g/mol. The number of benzene rings is 4. The van der Waals surface area contributed by atoms with Crippen molar-refractivity contribution in [1.29, 1.82) is 0 Å². The summed E-state index contributed by atoms with van der Waals surface area (Å²) >= 11 is 0. The number of para-hydroxylation sites is 1. The van der Waals surface area contributed by atoms with Crippen molar-refractivity contribution in [3.63, 3.8) is 0 Å². The first-order chi connectivity index (χ1) is 30.5. The number of hydrogen-bond donors (Lipinski definition) is 2. The lowest BCUT2D eigenvalue weighted by molar-refractivity contribution is -0.197. The summed E-state index contributed by atoms with van der Waals surface area (Å²) in [5.41, 5.74) is 1.01. The smallest absolute Gasteiger partial charge is 0.387 e. The van der Waals surface area contributed by atoms with Gasteiger partial charge in [0.25, 0.3) is 12.9 Å². The van der Waals surface area contributed by atoms with Gasteiger partial charge in [0.2, 0.25) is 5.78 Å². The lowest BCUT2D eigenvalue weighted by Crippen LogP contribution is -2.45. The third-order valence-corrected chi connectivity index (χ3v) is 11.3. The molecule has 2 N–H and O–H groups in total. The number of hydrogen-bond acceptors (Lipinski definition) is 12. The fourth-order valence-corrected chi connectivity index (χ4v) is 7.20. The predicted molar refractivity (Wildman–Crippen MR) is 211 cm³/mol. The summed E-state index contributed by atoms with van der Waals surface area (Å²) < 4.78 is 189. The van der Waals surface area contributed by atoms with Crippen LogP contribution in [0.1, 0.15) is 29.5 Å². The second-order valence-electron chi connectivity index (χ2n) is 13.7. The second kappa shape index (κ2) is 22.5. The Bertz CT molecular complexity index is 2340. The number of halogens is 9. The first kappa shape index (κ1) is 52.7. The van der Waals surface area contributed by atoms with E-state index in [1.54, 1.807) is 59.9 Å². The molecule has 0 bridgehead atoms. The molecule has 0 spiro atoms. The molecule has 2 saturated heterocycles. The van der Waals surface area contributed by atoms with Crippen molar-refractivity contribution in [2.75, 3.05) is 31.7 Å². The van der Waals surface area contributed by atoms with Gasteiger partial charge < -0.3 is 29.4 Å². The van der Waals surface area contributed by atoms with Crippen LogP contribution in [-0.4, -0.2) is 95.6 Å². The monoisotopic (exact) mass is 973 g/mol. The number of anilines is 1. The van der Waals surface area contributed by atoms with Gasteiger partial charge in [0.15, 0.2) is 11.6 Å². The topological polar surface area (TPSA) is 181 Å². The van der Waals surface area contributed by atoms with E-state index in [0.29, 0.717) is 18.8 Å². The molecule has 13 nitrogen and oxygen atoms in total. The molecular formula is C41H40F9NO12S2. The van der Waals surface area contributed by atoms with E-state index < -0.39 is 92.0 Å². The van der Waals surface area contributed by atoms with Crippen LogP contribution < -0.4 is 5.32 Å². The van der Waals surface area contributed by atoms with E-state index in [1.165, 1.54) is 60.7 Å². The van der Waals surface area contributed by atoms with E-state index in [1.807, 2.05) is 6.07 Å². The Morgan fingerprint density at radius 1 is 0.631 bits per heavy atom. The Labute approximate surface area is 366 Å². The minimum absolute atomic E-state index is 0.0172. The first-order valence-corrected chi connectivity index (χ1v) is 21.7. The number of carbonyl (C=O) groups excluding carboxylic acids is 2. The minimum atomic E-state index is -6.27. The highest BCUT2D eigenvalue weighted by Crippen LogP contribution is 2.40. The van der Waals surface area contributed by atoms with Crippen LogP contribution in [0.4, 0.5) is 44.7 Å². The van der Waals surface area contributed by atoms with Crippen LogP contribution in [0.15, 0.2) is 121 Å². The summed E-state index contributed by atoms with van der Waals surface area (Å²) in [6.07, 6.45) is -12.7. The molecule has 0 aromatic heterocycles. The minimum Gasteiger partial charge on any atom is -0.387 e. The molecule has 0 radical (unpaired) electrons. The quantitative estimate of drug-likeness (QED) is 0.0625. The van der Waals surface area contributed by atoms with Crippen LogP contribution in [-0.2, 0) is 71.1 Å². The zero-order valence-electron chi connectivity index (χ0n) is 33.5. The van der Waals surface area contributed by atoms with Crippen molar-refractivity contribution in [3.05, 3.63) is 138 Å². The van der Waals surface area contributed by atoms with E-state index >= 15 is 0 Å². The Balaban J connectivity index is 0.000000236.